The number of nitrogens with zero attached hydrogens (tertiary/aromatic N) is 4. The molecule has 4 heterocycles. The van der Waals surface area contributed by atoms with Crippen molar-refractivity contribution in [3.05, 3.63) is 155 Å². The van der Waals surface area contributed by atoms with Gasteiger partial charge in [-0.15, -0.1) is 12.4 Å². The maximum atomic E-state index is 12.4. The molecule has 2 atom stereocenters. The van der Waals surface area contributed by atoms with Crippen molar-refractivity contribution in [3.63, 3.8) is 0 Å². The Labute approximate surface area is 447 Å². The van der Waals surface area contributed by atoms with Gasteiger partial charge in [-0.3, -0.25) is 4.79 Å². The first-order chi connectivity index (χ1) is 35.6. The summed E-state index contributed by atoms with van der Waals surface area (Å²) >= 11 is 11.9. The lowest BCUT2D eigenvalue weighted by Gasteiger charge is -2.22. The number of aromatic nitrogens is 4. The Hall–Kier alpha value is -6.66. The Morgan fingerprint density at radius 1 is 0.730 bits per heavy atom. The number of nitrogens with two attached hydrogens (primary N) is 1. The molecule has 6 aromatic rings. The van der Waals surface area contributed by atoms with Gasteiger partial charge in [-0.2, -0.15) is 9.59 Å². The van der Waals surface area contributed by atoms with Crippen molar-refractivity contribution < 1.29 is 52.3 Å². The van der Waals surface area contributed by atoms with Crippen molar-refractivity contribution in [1.29, 1.82) is 0 Å². The van der Waals surface area contributed by atoms with Crippen LogP contribution in [0.5, 0.6) is 23.0 Å². The summed E-state index contributed by atoms with van der Waals surface area (Å²) in [6, 6.07) is 26.5. The van der Waals surface area contributed by atoms with Gasteiger partial charge in [-0.1, -0.05) is 72.3 Å². The third-order valence-corrected chi connectivity index (χ3v) is 11.1. The summed E-state index contributed by atoms with van der Waals surface area (Å²) in [4.78, 5) is 36.9. The van der Waals surface area contributed by atoms with Gasteiger partial charge in [0.2, 0.25) is 5.91 Å². The molecule has 0 bridgehead atoms. The molecule has 0 spiro atoms. The van der Waals surface area contributed by atoms with Crippen molar-refractivity contribution in [2.75, 3.05) is 64.9 Å². The number of anilines is 2. The van der Waals surface area contributed by atoms with Gasteiger partial charge in [0, 0.05) is 54.8 Å². The van der Waals surface area contributed by atoms with Crippen LogP contribution in [0.4, 0.5) is 11.6 Å². The van der Waals surface area contributed by atoms with Crippen LogP contribution in [0.2, 0.25) is 10.0 Å². The summed E-state index contributed by atoms with van der Waals surface area (Å²) in [6.07, 6.45) is 18.3. The molecule has 2 aliphatic rings. The first kappa shape index (κ1) is 59.9. The minimum atomic E-state index is -0.290. The van der Waals surface area contributed by atoms with E-state index < -0.39 is 0 Å². The Morgan fingerprint density at radius 2 is 1.24 bits per heavy atom. The molecule has 74 heavy (non-hydrogen) atoms. The van der Waals surface area contributed by atoms with E-state index in [2.05, 4.69) is 21.9 Å². The number of methoxy groups -OCH3 is 2. The van der Waals surface area contributed by atoms with E-state index in [1.165, 1.54) is 12.5 Å². The van der Waals surface area contributed by atoms with Crippen molar-refractivity contribution >= 4 is 71.5 Å². The molecule has 2 fully saturated rings. The molecule has 0 radical (unpaired) electrons. The van der Waals surface area contributed by atoms with Crippen LogP contribution in [-0.2, 0) is 46.4 Å². The van der Waals surface area contributed by atoms with Gasteiger partial charge < -0.3 is 58.1 Å². The molecule has 8 rings (SSSR count). The summed E-state index contributed by atoms with van der Waals surface area (Å²) in [5, 5.41) is 4.20. The maximum Gasteiger partial charge on any atom is 0.373 e. The van der Waals surface area contributed by atoms with Gasteiger partial charge in [0.25, 0.3) is 0 Å². The molecule has 2 saturated heterocycles. The number of hydrogen-bond donors (Lipinski definition) is 2. The van der Waals surface area contributed by atoms with Crippen molar-refractivity contribution in [1.82, 2.24) is 19.1 Å². The van der Waals surface area contributed by atoms with E-state index in [4.69, 9.17) is 76.4 Å². The van der Waals surface area contributed by atoms with Gasteiger partial charge in [-0.25, -0.2) is 9.97 Å². The van der Waals surface area contributed by atoms with Gasteiger partial charge in [0.05, 0.1) is 40.1 Å². The number of ether oxygens (including phenoxy) is 8. The molecule has 2 aromatic heterocycles. The molecule has 1 amide bonds. The van der Waals surface area contributed by atoms with E-state index >= 15 is 0 Å². The average molecular weight is 1080 g/mol. The third kappa shape index (κ3) is 22.2. The first-order valence-corrected chi connectivity index (χ1v) is 24.3. The van der Waals surface area contributed by atoms with Crippen LogP contribution in [0.25, 0.3) is 12.2 Å². The standard InChI is InChI=1S/C27H30ClN3O5.C16H22O4.C10H10ClN3.CO2.ClH/c1-33-23-10-8-20(16-24(23)34-13-14-36-27-7-2-3-12-35-27)9-11-26(32)30-25-18-31(19-29-25)17-21-5-4-6-22(28)15-21;1-3-13-7-8-14(17-2)15(12-13)18-10-11-20-16-6-4-5-9-19-16;11-9-3-1-2-8(4-9)5-14-6-10(12)13-7-14;2-1-3;/h4-6,8-11,15-16,18-19,27H,2-3,7,12-14,17H2,1H3,(H,30,32);3,7-8,12,16H,1,4-6,9-11H2,2H3;1-4,6-7H,5,12H2;;1H/b11-9+;;;;. The predicted molar refractivity (Wildman–Crippen MR) is 286 cm³/mol. The van der Waals surface area contributed by atoms with E-state index in [0.717, 1.165) is 79.1 Å². The van der Waals surface area contributed by atoms with E-state index in [-0.39, 0.29) is 37.0 Å². The molecule has 0 saturated carbocycles. The molecule has 2 unspecified atom stereocenters. The minimum absolute atomic E-state index is 0. The van der Waals surface area contributed by atoms with Gasteiger partial charge in [0.1, 0.15) is 19.0 Å². The van der Waals surface area contributed by atoms with Crippen molar-refractivity contribution in [3.8, 4) is 23.0 Å². The number of nitrogens with one attached hydrogen (secondary N) is 1. The summed E-state index contributed by atoms with van der Waals surface area (Å²) < 4.78 is 48.4. The minimum Gasteiger partial charge on any atom is -0.493 e. The number of halogens is 3. The maximum absolute atomic E-state index is 12.4. The molecular formula is C54H63Cl3N6O11. The number of hydrogen-bond acceptors (Lipinski definition) is 14. The lowest BCUT2D eigenvalue weighted by molar-refractivity contribution is -0.191. The van der Waals surface area contributed by atoms with Crippen LogP contribution in [0.3, 0.4) is 0 Å². The van der Waals surface area contributed by atoms with Gasteiger partial charge in [0.15, 0.2) is 41.4 Å². The predicted octanol–water partition coefficient (Wildman–Crippen LogP) is 10.4. The molecule has 396 valence electrons. The second-order valence-electron chi connectivity index (χ2n) is 16.1. The fourth-order valence-corrected chi connectivity index (χ4v) is 7.62. The number of amides is 1. The first-order valence-electron chi connectivity index (χ1n) is 23.5. The normalized spacial score (nSPS) is 14.7. The molecule has 2 aliphatic heterocycles. The van der Waals surface area contributed by atoms with Crippen LogP contribution in [-0.4, -0.2) is 97.6 Å². The molecule has 3 N–H and O–H groups in total. The number of nitrogen functional groups attached to an aromatic ring is 1. The van der Waals surface area contributed by atoms with E-state index in [1.807, 2.05) is 88.0 Å². The van der Waals surface area contributed by atoms with Crippen molar-refractivity contribution in [2.45, 2.75) is 64.2 Å². The number of carbonyl (C=O) groups excluding carboxylic acids is 3. The fraction of sp³-hybridized carbons (Fsp3) is 0.333. The second-order valence-corrected chi connectivity index (χ2v) is 17.0. The zero-order chi connectivity index (χ0) is 52.0. The summed E-state index contributed by atoms with van der Waals surface area (Å²) in [5.41, 5.74) is 9.48. The average Bonchev–Trinajstić information content (AvgIpc) is 4.03. The quantitative estimate of drug-likeness (QED) is 0.0541. The molecule has 4 aromatic carbocycles. The zero-order valence-corrected chi connectivity index (χ0v) is 43.7. The molecule has 0 aliphatic carbocycles. The van der Waals surface area contributed by atoms with Gasteiger partial charge in [-0.05, 0) is 115 Å². The lowest BCUT2D eigenvalue weighted by atomic mass is 10.2. The Bertz CT molecular complexity index is 2660. The largest absolute Gasteiger partial charge is 0.493 e. The Kier molecular flexibility index (Phi) is 27.5. The number of benzene rings is 4. The monoisotopic (exact) mass is 1080 g/mol. The number of rotatable bonds is 20. The van der Waals surface area contributed by atoms with E-state index in [1.54, 1.807) is 57.5 Å². The molecular weight excluding hydrogens is 1010 g/mol. The summed E-state index contributed by atoms with van der Waals surface area (Å²) in [5.74, 6) is 3.31. The summed E-state index contributed by atoms with van der Waals surface area (Å²) in [7, 11) is 3.21. The van der Waals surface area contributed by atoms with Crippen LogP contribution in [0.15, 0.2) is 123 Å². The number of carbonyl (C=O) groups is 1. The SMILES string of the molecule is C=Cc1ccc(OC)c(OCCOC2CCCCO2)c1.COc1ccc(/C=C/C(=O)Nc2cn(Cc3cccc(Cl)c3)cn2)cc1OCCOC1CCCCO1.Cl.Nc1cn(Cc2cccc(Cl)c2)cn1.O=C=O. The van der Waals surface area contributed by atoms with Crippen molar-refractivity contribution in [2.24, 2.45) is 0 Å². The van der Waals surface area contributed by atoms with Crippen LogP contribution in [0.1, 0.15) is 60.8 Å². The smallest absolute Gasteiger partial charge is 0.373 e. The highest BCUT2D eigenvalue weighted by atomic mass is 35.5. The third-order valence-electron chi connectivity index (χ3n) is 10.6. The number of imidazole rings is 2. The second kappa shape index (κ2) is 33.9. The topological polar surface area (TPSA) is 199 Å². The highest BCUT2D eigenvalue weighted by Crippen LogP contribution is 2.30. The van der Waals surface area contributed by atoms with E-state index in [9.17, 15) is 4.79 Å². The van der Waals surface area contributed by atoms with Crippen LogP contribution < -0.4 is 30.0 Å². The zero-order valence-electron chi connectivity index (χ0n) is 41.4. The lowest BCUT2D eigenvalue weighted by Crippen LogP contribution is -2.24. The Balaban J connectivity index is 0.000000261. The van der Waals surface area contributed by atoms with Crippen LogP contribution in [0, 0.1) is 0 Å². The van der Waals surface area contributed by atoms with Gasteiger partial charge >= 0.3 is 6.15 Å². The fourth-order valence-electron chi connectivity index (χ4n) is 7.20. The highest BCUT2D eigenvalue weighted by Gasteiger charge is 2.16. The highest BCUT2D eigenvalue weighted by molar-refractivity contribution is 6.30. The van der Waals surface area contributed by atoms with E-state index in [0.29, 0.717) is 72.6 Å². The molecule has 20 heteroatoms. The molecule has 17 nitrogen and oxygen atoms in total. The van der Waals surface area contributed by atoms with Crippen LogP contribution >= 0.6 is 35.6 Å². The Morgan fingerprint density at radius 3 is 1.72 bits per heavy atom. The summed E-state index contributed by atoms with van der Waals surface area (Å²) in [6.45, 7) is 8.38.